The molecule has 5 aromatic carbocycles. The standard InChI is InChI=1S/C31H22ClNS/c1-21-7-5-11-25(17-21)33(26-12-6-10-23(18-26)22-8-3-2-4-9-22)27-14-16-30-29(20-27)28-15-13-24(32)19-31(28)34-30/h2-20H,1H3. The molecule has 0 unspecified atom stereocenters. The number of benzene rings is 5. The number of fused-ring (bicyclic) bond motifs is 3. The molecule has 6 aromatic rings. The fourth-order valence-electron chi connectivity index (χ4n) is 4.55. The van der Waals surface area contributed by atoms with Gasteiger partial charge in [-0.25, -0.2) is 0 Å². The van der Waals surface area contributed by atoms with E-state index in [2.05, 4.69) is 121 Å². The third-order valence-corrected chi connectivity index (χ3v) is 7.52. The van der Waals surface area contributed by atoms with Gasteiger partial charge >= 0.3 is 0 Å². The Kier molecular flexibility index (Phi) is 5.33. The lowest BCUT2D eigenvalue weighted by Crippen LogP contribution is -2.10. The van der Waals surface area contributed by atoms with Crippen LogP contribution in [-0.2, 0) is 0 Å². The first kappa shape index (κ1) is 21.0. The van der Waals surface area contributed by atoms with Gasteiger partial charge in [-0.2, -0.15) is 0 Å². The van der Waals surface area contributed by atoms with Crippen LogP contribution in [0, 0.1) is 6.92 Å². The molecule has 0 atom stereocenters. The van der Waals surface area contributed by atoms with Gasteiger partial charge in [0.1, 0.15) is 0 Å². The largest absolute Gasteiger partial charge is 0.310 e. The summed E-state index contributed by atoms with van der Waals surface area (Å²) in [5.41, 5.74) is 7.06. The molecule has 0 aliphatic carbocycles. The Bertz CT molecular complexity index is 1630. The van der Waals surface area contributed by atoms with Crippen molar-refractivity contribution in [1.82, 2.24) is 0 Å². The molecule has 0 N–H and O–H groups in total. The summed E-state index contributed by atoms with van der Waals surface area (Å²) < 4.78 is 2.48. The van der Waals surface area contributed by atoms with E-state index in [-0.39, 0.29) is 0 Å². The SMILES string of the molecule is Cc1cccc(N(c2cccc(-c3ccccc3)c2)c2ccc3sc4cc(Cl)ccc4c3c2)c1. The van der Waals surface area contributed by atoms with Crippen LogP contribution in [0.4, 0.5) is 17.1 Å². The summed E-state index contributed by atoms with van der Waals surface area (Å²) in [5, 5.41) is 3.28. The number of rotatable bonds is 4. The Morgan fingerprint density at radius 3 is 2.12 bits per heavy atom. The Hall–Kier alpha value is -3.59. The van der Waals surface area contributed by atoms with Gasteiger partial charge in [0.15, 0.2) is 0 Å². The molecule has 0 spiro atoms. The Morgan fingerprint density at radius 2 is 1.29 bits per heavy atom. The average Bonchev–Trinajstić information content (AvgIpc) is 3.22. The van der Waals surface area contributed by atoms with E-state index in [0.717, 1.165) is 22.1 Å². The van der Waals surface area contributed by atoms with Gasteiger partial charge < -0.3 is 4.90 Å². The first-order valence-electron chi connectivity index (χ1n) is 11.3. The zero-order valence-corrected chi connectivity index (χ0v) is 20.3. The lowest BCUT2D eigenvalue weighted by atomic mass is 10.0. The van der Waals surface area contributed by atoms with Crippen LogP contribution in [0.3, 0.4) is 0 Å². The average molecular weight is 476 g/mol. The lowest BCUT2D eigenvalue weighted by Gasteiger charge is -2.26. The van der Waals surface area contributed by atoms with Gasteiger partial charge in [-0.15, -0.1) is 11.3 Å². The minimum atomic E-state index is 0.776. The summed E-state index contributed by atoms with van der Waals surface area (Å²) in [4.78, 5) is 2.35. The number of anilines is 3. The molecule has 0 aliphatic heterocycles. The highest BCUT2D eigenvalue weighted by Crippen LogP contribution is 2.41. The van der Waals surface area contributed by atoms with E-state index >= 15 is 0 Å². The maximum absolute atomic E-state index is 6.27. The van der Waals surface area contributed by atoms with Gasteiger partial charge in [-0.3, -0.25) is 0 Å². The number of aryl methyl sites for hydroxylation is 1. The number of hydrogen-bond acceptors (Lipinski definition) is 2. The van der Waals surface area contributed by atoms with Crippen LogP contribution in [0.2, 0.25) is 5.02 Å². The minimum absolute atomic E-state index is 0.776. The molecule has 34 heavy (non-hydrogen) atoms. The van der Waals surface area contributed by atoms with Gasteiger partial charge in [0.2, 0.25) is 0 Å². The maximum Gasteiger partial charge on any atom is 0.0468 e. The minimum Gasteiger partial charge on any atom is -0.310 e. The zero-order chi connectivity index (χ0) is 23.1. The maximum atomic E-state index is 6.27. The molecule has 0 amide bonds. The molecule has 1 nitrogen and oxygen atoms in total. The highest BCUT2D eigenvalue weighted by atomic mass is 35.5. The van der Waals surface area contributed by atoms with Gasteiger partial charge in [0.25, 0.3) is 0 Å². The third kappa shape index (κ3) is 3.86. The van der Waals surface area contributed by atoms with E-state index in [4.69, 9.17) is 11.6 Å². The molecule has 0 bridgehead atoms. The smallest absolute Gasteiger partial charge is 0.0468 e. The Labute approximate surface area is 208 Å². The fraction of sp³-hybridized carbons (Fsp3) is 0.0323. The number of thiophene rings is 1. The van der Waals surface area contributed by atoms with E-state index in [1.807, 2.05) is 6.07 Å². The third-order valence-electron chi connectivity index (χ3n) is 6.15. The highest BCUT2D eigenvalue weighted by molar-refractivity contribution is 7.25. The van der Waals surface area contributed by atoms with Crippen molar-refractivity contribution in [3.05, 3.63) is 126 Å². The molecule has 0 aliphatic rings. The molecule has 164 valence electrons. The number of nitrogens with zero attached hydrogens (tertiary/aromatic N) is 1. The van der Waals surface area contributed by atoms with Crippen molar-refractivity contribution >= 4 is 60.2 Å². The predicted molar refractivity (Wildman–Crippen MR) is 149 cm³/mol. The normalized spacial score (nSPS) is 11.2. The summed E-state index contributed by atoms with van der Waals surface area (Å²) >= 11 is 8.05. The Morgan fingerprint density at radius 1 is 0.559 bits per heavy atom. The quantitative estimate of drug-likeness (QED) is 0.245. The summed E-state index contributed by atoms with van der Waals surface area (Å²) in [6.45, 7) is 2.14. The molecule has 0 fully saturated rings. The molecule has 0 saturated heterocycles. The van der Waals surface area contributed by atoms with Crippen molar-refractivity contribution in [2.24, 2.45) is 0 Å². The molecular formula is C31H22ClNS. The summed E-state index contributed by atoms with van der Waals surface area (Å²) in [7, 11) is 0. The van der Waals surface area contributed by atoms with Crippen LogP contribution in [0.15, 0.2) is 115 Å². The molecule has 1 heterocycles. The van der Waals surface area contributed by atoms with Crippen LogP contribution in [0.25, 0.3) is 31.3 Å². The first-order chi connectivity index (χ1) is 16.7. The van der Waals surface area contributed by atoms with Crippen LogP contribution in [0.5, 0.6) is 0 Å². The van der Waals surface area contributed by atoms with Crippen LogP contribution < -0.4 is 4.90 Å². The number of halogens is 1. The second-order valence-electron chi connectivity index (χ2n) is 8.51. The highest BCUT2D eigenvalue weighted by Gasteiger charge is 2.16. The molecule has 6 rings (SSSR count). The first-order valence-corrected chi connectivity index (χ1v) is 12.5. The van der Waals surface area contributed by atoms with Gasteiger partial charge in [-0.1, -0.05) is 72.3 Å². The van der Waals surface area contributed by atoms with Crippen molar-refractivity contribution in [2.75, 3.05) is 4.90 Å². The molecule has 1 aromatic heterocycles. The monoisotopic (exact) mass is 475 g/mol. The van der Waals surface area contributed by atoms with Crippen LogP contribution in [-0.4, -0.2) is 0 Å². The molecular weight excluding hydrogens is 454 g/mol. The van der Waals surface area contributed by atoms with Crippen molar-refractivity contribution in [3.63, 3.8) is 0 Å². The van der Waals surface area contributed by atoms with E-state index in [0.29, 0.717) is 0 Å². The second kappa shape index (κ2) is 8.64. The Balaban J connectivity index is 1.55. The van der Waals surface area contributed by atoms with Crippen molar-refractivity contribution in [2.45, 2.75) is 6.92 Å². The molecule has 3 heteroatoms. The predicted octanol–water partition coefficient (Wildman–Crippen LogP) is 10.2. The van der Waals surface area contributed by atoms with Crippen LogP contribution >= 0.6 is 22.9 Å². The van der Waals surface area contributed by atoms with Crippen molar-refractivity contribution in [3.8, 4) is 11.1 Å². The second-order valence-corrected chi connectivity index (χ2v) is 10.0. The van der Waals surface area contributed by atoms with E-state index in [9.17, 15) is 0 Å². The van der Waals surface area contributed by atoms with Gasteiger partial charge in [0.05, 0.1) is 0 Å². The summed E-state index contributed by atoms with van der Waals surface area (Å²) in [6, 6.07) is 40.9. The van der Waals surface area contributed by atoms with Crippen molar-refractivity contribution < 1.29 is 0 Å². The zero-order valence-electron chi connectivity index (χ0n) is 18.7. The van der Waals surface area contributed by atoms with Gasteiger partial charge in [0, 0.05) is 42.3 Å². The molecule has 0 radical (unpaired) electrons. The van der Waals surface area contributed by atoms with Crippen LogP contribution in [0.1, 0.15) is 5.56 Å². The molecule has 0 saturated carbocycles. The van der Waals surface area contributed by atoms with Gasteiger partial charge in [-0.05, 0) is 78.2 Å². The topological polar surface area (TPSA) is 3.24 Å². The lowest BCUT2D eigenvalue weighted by molar-refractivity contribution is 1.28. The van der Waals surface area contributed by atoms with Crippen molar-refractivity contribution in [1.29, 1.82) is 0 Å². The summed E-state index contributed by atoms with van der Waals surface area (Å²) in [6.07, 6.45) is 0. The van der Waals surface area contributed by atoms with E-state index < -0.39 is 0 Å². The number of hydrogen-bond donors (Lipinski definition) is 0. The summed E-state index contributed by atoms with van der Waals surface area (Å²) in [5.74, 6) is 0. The van der Waals surface area contributed by atoms with E-state index in [1.54, 1.807) is 11.3 Å². The van der Waals surface area contributed by atoms with E-state index in [1.165, 1.54) is 36.9 Å². The fourth-order valence-corrected chi connectivity index (χ4v) is 5.91.